The van der Waals surface area contributed by atoms with Crippen molar-refractivity contribution in [1.82, 2.24) is 24.6 Å². The molecule has 1 aliphatic rings. The second-order valence-corrected chi connectivity index (χ2v) is 12.9. The average Bonchev–Trinajstić information content (AvgIpc) is 3.05. The Hall–Kier alpha value is -4.45. The largest absolute Gasteiger partial charge is 0.340 e. The van der Waals surface area contributed by atoms with Crippen LogP contribution in [-0.4, -0.2) is 46.8 Å². The number of fused-ring (bicyclic) bond motifs is 1. The maximum Gasteiger partial charge on any atom is 0.243 e. The van der Waals surface area contributed by atoms with Crippen molar-refractivity contribution in [2.24, 2.45) is 0 Å². The molecule has 2 heterocycles. The molecule has 5 aromatic rings. The van der Waals surface area contributed by atoms with Crippen LogP contribution in [0.1, 0.15) is 31.2 Å². The highest BCUT2D eigenvalue weighted by atomic mass is 32.2. The molecule has 1 aliphatic carbocycles. The van der Waals surface area contributed by atoms with Gasteiger partial charge < -0.3 is 16.0 Å². The molecule has 0 unspecified atom stereocenters. The van der Waals surface area contributed by atoms with Crippen molar-refractivity contribution in [3.63, 3.8) is 0 Å². The molecule has 0 bridgehead atoms. The number of hydrogen-bond donors (Lipinski definition) is 3. The van der Waals surface area contributed by atoms with E-state index < -0.39 is 10.0 Å². The molecule has 2 aromatic heterocycles. The third kappa shape index (κ3) is 6.85. The number of nitrogens with zero attached hydrogens (tertiary/aromatic N) is 4. The van der Waals surface area contributed by atoms with Crippen LogP contribution in [0.4, 0.5) is 27.5 Å². The van der Waals surface area contributed by atoms with Crippen molar-refractivity contribution in [2.75, 3.05) is 17.7 Å². The molecule has 1 saturated carbocycles. The van der Waals surface area contributed by atoms with Gasteiger partial charge in [0, 0.05) is 54.8 Å². The molecule has 0 radical (unpaired) electrons. The fourth-order valence-corrected chi connectivity index (χ4v) is 7.01. The zero-order valence-corrected chi connectivity index (χ0v) is 25.1. The van der Waals surface area contributed by atoms with Crippen LogP contribution >= 0.6 is 0 Å². The van der Waals surface area contributed by atoms with Crippen LogP contribution in [0.15, 0.2) is 102 Å². The zero-order valence-electron chi connectivity index (χ0n) is 24.3. The van der Waals surface area contributed by atoms with Crippen LogP contribution in [0.5, 0.6) is 0 Å². The van der Waals surface area contributed by atoms with E-state index >= 15 is 0 Å². The summed E-state index contributed by atoms with van der Waals surface area (Å²) in [6.45, 7) is 0.757. The molecule has 44 heavy (non-hydrogen) atoms. The van der Waals surface area contributed by atoms with Gasteiger partial charge in [-0.15, -0.1) is 0 Å². The SMILES string of the molecule is CN(C1CCC(NCc2cccc3ncccc23)CC1)S(=O)(=O)c1ccc(Nc2nccc(Nc3ccc(F)cc3)n2)cc1. The standard InChI is InChI=1S/C33H34FN7O2S/c1-41(28-15-11-25(12-16-28)37-22-23-4-2-6-31-30(23)5-3-20-35-31)44(42,43)29-17-13-27(14-18-29)39-33-36-21-19-32(40-33)38-26-9-7-24(34)8-10-26/h2-10,13-14,17-21,25,28,37H,11-12,15-16,22H2,1H3,(H2,36,38,39,40). The Bertz CT molecular complexity index is 1820. The third-order valence-corrected chi connectivity index (χ3v) is 10.0. The molecule has 9 nitrogen and oxygen atoms in total. The fraction of sp³-hybridized carbons (Fsp3) is 0.242. The minimum atomic E-state index is -3.66. The highest BCUT2D eigenvalue weighted by molar-refractivity contribution is 7.89. The second kappa shape index (κ2) is 13.0. The van der Waals surface area contributed by atoms with Gasteiger partial charge in [0.1, 0.15) is 11.6 Å². The molecule has 1 fully saturated rings. The lowest BCUT2D eigenvalue weighted by Gasteiger charge is -2.34. The van der Waals surface area contributed by atoms with Crippen LogP contribution in [0.25, 0.3) is 10.9 Å². The van der Waals surface area contributed by atoms with Gasteiger partial charge in [-0.25, -0.2) is 17.8 Å². The van der Waals surface area contributed by atoms with Crippen LogP contribution in [-0.2, 0) is 16.6 Å². The van der Waals surface area contributed by atoms with Crippen molar-refractivity contribution in [1.29, 1.82) is 0 Å². The number of hydrogen-bond acceptors (Lipinski definition) is 8. The van der Waals surface area contributed by atoms with Gasteiger partial charge in [0.05, 0.1) is 10.4 Å². The Morgan fingerprint density at radius 2 is 1.55 bits per heavy atom. The Balaban J connectivity index is 1.03. The monoisotopic (exact) mass is 611 g/mol. The van der Waals surface area contributed by atoms with Gasteiger partial charge in [-0.2, -0.15) is 9.29 Å². The predicted molar refractivity (Wildman–Crippen MR) is 171 cm³/mol. The van der Waals surface area contributed by atoms with Crippen LogP contribution in [0, 0.1) is 5.82 Å². The Kier molecular flexibility index (Phi) is 8.78. The number of pyridine rings is 1. The number of anilines is 4. The van der Waals surface area contributed by atoms with E-state index in [9.17, 15) is 12.8 Å². The molecule has 0 saturated heterocycles. The number of aromatic nitrogens is 3. The van der Waals surface area contributed by atoms with Gasteiger partial charge in [0.25, 0.3) is 0 Å². The first-order chi connectivity index (χ1) is 21.3. The average molecular weight is 612 g/mol. The number of sulfonamides is 1. The molecule has 3 aromatic carbocycles. The smallest absolute Gasteiger partial charge is 0.243 e. The second-order valence-electron chi connectivity index (χ2n) is 10.9. The minimum absolute atomic E-state index is 0.0534. The number of nitrogens with one attached hydrogen (secondary N) is 3. The maximum absolute atomic E-state index is 13.5. The molecule has 226 valence electrons. The topological polar surface area (TPSA) is 112 Å². The van der Waals surface area contributed by atoms with Gasteiger partial charge >= 0.3 is 0 Å². The normalized spacial score (nSPS) is 17.1. The van der Waals surface area contributed by atoms with E-state index in [-0.39, 0.29) is 16.8 Å². The number of halogens is 1. The van der Waals surface area contributed by atoms with Gasteiger partial charge in [0.2, 0.25) is 16.0 Å². The van der Waals surface area contributed by atoms with E-state index in [1.165, 1.54) is 22.0 Å². The number of benzene rings is 3. The summed E-state index contributed by atoms with van der Waals surface area (Å²) in [7, 11) is -1.98. The first-order valence-corrected chi connectivity index (χ1v) is 16.1. The van der Waals surface area contributed by atoms with Gasteiger partial charge in [0.15, 0.2) is 0 Å². The van der Waals surface area contributed by atoms with Crippen LogP contribution in [0.2, 0.25) is 0 Å². The lowest BCUT2D eigenvalue weighted by molar-refractivity contribution is 0.249. The van der Waals surface area contributed by atoms with Crippen molar-refractivity contribution in [3.05, 3.63) is 109 Å². The maximum atomic E-state index is 13.5. The predicted octanol–water partition coefficient (Wildman–Crippen LogP) is 6.37. The van der Waals surface area contributed by atoms with Crippen LogP contribution in [0.3, 0.4) is 0 Å². The summed E-state index contributed by atoms with van der Waals surface area (Å²) in [5.74, 6) is 0.557. The van der Waals surface area contributed by atoms with Crippen LogP contribution < -0.4 is 16.0 Å². The molecule has 0 aliphatic heterocycles. The summed E-state index contributed by atoms with van der Waals surface area (Å²) in [5, 5.41) is 11.0. The van der Waals surface area contributed by atoms with E-state index in [4.69, 9.17) is 0 Å². The van der Waals surface area contributed by atoms with Gasteiger partial charge in [-0.05, 0) is 98.0 Å². The summed E-state index contributed by atoms with van der Waals surface area (Å²) in [5.41, 5.74) is 3.55. The molecular formula is C33H34FN7O2S. The third-order valence-electron chi connectivity index (χ3n) is 8.09. The first-order valence-electron chi connectivity index (χ1n) is 14.6. The molecule has 0 spiro atoms. The lowest BCUT2D eigenvalue weighted by atomic mass is 9.91. The summed E-state index contributed by atoms with van der Waals surface area (Å²) >= 11 is 0. The summed E-state index contributed by atoms with van der Waals surface area (Å²) in [4.78, 5) is 13.4. The van der Waals surface area contributed by atoms with Gasteiger partial charge in [-0.1, -0.05) is 18.2 Å². The first kappa shape index (κ1) is 29.6. The zero-order chi connectivity index (χ0) is 30.5. The minimum Gasteiger partial charge on any atom is -0.340 e. The highest BCUT2D eigenvalue weighted by Crippen LogP contribution is 2.28. The van der Waals surface area contributed by atoms with E-state index in [2.05, 4.69) is 43.0 Å². The number of rotatable bonds is 10. The Morgan fingerprint density at radius 3 is 2.32 bits per heavy atom. The fourth-order valence-electron chi connectivity index (χ4n) is 5.59. The van der Waals surface area contributed by atoms with Crippen molar-refractivity contribution in [3.8, 4) is 0 Å². The Morgan fingerprint density at radius 1 is 0.818 bits per heavy atom. The van der Waals surface area contributed by atoms with Crippen molar-refractivity contribution in [2.45, 2.75) is 49.2 Å². The molecule has 0 amide bonds. The van der Waals surface area contributed by atoms with Crippen molar-refractivity contribution < 1.29 is 12.8 Å². The van der Waals surface area contributed by atoms with Gasteiger partial charge in [-0.3, -0.25) is 4.98 Å². The highest BCUT2D eigenvalue weighted by Gasteiger charge is 2.31. The Labute approximate surface area is 256 Å². The van der Waals surface area contributed by atoms with Crippen molar-refractivity contribution >= 4 is 44.1 Å². The molecule has 6 rings (SSSR count). The van der Waals surface area contributed by atoms with E-state index in [1.807, 2.05) is 24.4 Å². The summed E-state index contributed by atoms with van der Waals surface area (Å²) < 4.78 is 41.7. The summed E-state index contributed by atoms with van der Waals surface area (Å²) in [6, 6.07) is 24.8. The summed E-state index contributed by atoms with van der Waals surface area (Å²) in [6.07, 6.45) is 6.81. The molecule has 0 atom stereocenters. The molecular weight excluding hydrogens is 577 g/mol. The van der Waals surface area contributed by atoms with E-state index in [0.717, 1.165) is 43.1 Å². The van der Waals surface area contributed by atoms with E-state index in [1.54, 1.807) is 55.7 Å². The van der Waals surface area contributed by atoms with E-state index in [0.29, 0.717) is 29.2 Å². The quantitative estimate of drug-likeness (QED) is 0.167. The molecule has 3 N–H and O–H groups in total. The molecule has 11 heteroatoms. The lowest BCUT2D eigenvalue weighted by Crippen LogP contribution is -2.43.